The van der Waals surface area contributed by atoms with Crippen molar-refractivity contribution in [1.29, 1.82) is 0 Å². The number of halogens is 2. The smallest absolute Gasteiger partial charge is 0.311 e. The molecule has 1 N–H and O–H groups in total. The monoisotopic (exact) mass is 276 g/mol. The van der Waals surface area contributed by atoms with Crippen LogP contribution >= 0.6 is 0 Å². The molecule has 0 radical (unpaired) electrons. The first-order chi connectivity index (χ1) is 9.47. The summed E-state index contributed by atoms with van der Waals surface area (Å²) >= 11 is 0. The van der Waals surface area contributed by atoms with Gasteiger partial charge in [-0.3, -0.25) is 4.79 Å². The maximum atomic E-state index is 13.2. The van der Waals surface area contributed by atoms with Crippen LogP contribution < -0.4 is 0 Å². The molecule has 0 heterocycles. The molecule has 0 aromatic heterocycles. The molecule has 0 amide bonds. The summed E-state index contributed by atoms with van der Waals surface area (Å²) in [6, 6.07) is 10.6. The van der Waals surface area contributed by atoms with E-state index in [1.807, 2.05) is 19.1 Å². The zero-order chi connectivity index (χ0) is 14.7. The first-order valence-corrected chi connectivity index (χ1v) is 6.20. The lowest BCUT2D eigenvalue weighted by Crippen LogP contribution is -2.14. The van der Waals surface area contributed by atoms with E-state index in [0.717, 1.165) is 17.7 Å². The lowest BCUT2D eigenvalue weighted by Gasteiger charge is -2.13. The van der Waals surface area contributed by atoms with E-state index in [9.17, 15) is 18.7 Å². The molecule has 2 nitrogen and oxygen atoms in total. The van der Waals surface area contributed by atoms with Crippen molar-refractivity contribution in [3.05, 3.63) is 70.8 Å². The van der Waals surface area contributed by atoms with E-state index in [-0.39, 0.29) is 6.42 Å². The van der Waals surface area contributed by atoms with Crippen molar-refractivity contribution in [2.75, 3.05) is 0 Å². The number of carboxylic acids is 1. The summed E-state index contributed by atoms with van der Waals surface area (Å²) in [6.07, 6.45) is 0.121. The van der Waals surface area contributed by atoms with Crippen molar-refractivity contribution in [3.8, 4) is 0 Å². The Morgan fingerprint density at radius 2 is 1.75 bits per heavy atom. The minimum atomic E-state index is -0.987. The van der Waals surface area contributed by atoms with Crippen LogP contribution in [0.2, 0.25) is 0 Å². The number of benzene rings is 2. The third-order valence-corrected chi connectivity index (χ3v) is 3.20. The van der Waals surface area contributed by atoms with E-state index >= 15 is 0 Å². The summed E-state index contributed by atoms with van der Waals surface area (Å²) in [5.74, 6) is -3.66. The normalized spacial score (nSPS) is 12.2. The van der Waals surface area contributed by atoms with E-state index in [1.165, 1.54) is 6.07 Å². The molecule has 1 unspecified atom stereocenters. The van der Waals surface area contributed by atoms with Gasteiger partial charge in [-0.05, 0) is 36.6 Å². The third kappa shape index (κ3) is 3.20. The molecule has 2 aromatic rings. The Bertz CT molecular complexity index is 621. The highest BCUT2D eigenvalue weighted by Crippen LogP contribution is 2.23. The second-order valence-corrected chi connectivity index (χ2v) is 4.75. The SMILES string of the molecule is Cc1ccc(C(Cc2ccc(F)c(F)c2)C(=O)O)cc1. The number of carboxylic acid groups (broad SMARTS) is 1. The molecular weight excluding hydrogens is 262 g/mol. The molecule has 0 aliphatic carbocycles. The highest BCUT2D eigenvalue weighted by atomic mass is 19.2. The van der Waals surface area contributed by atoms with Crippen molar-refractivity contribution < 1.29 is 18.7 Å². The number of aliphatic carboxylic acids is 1. The molecule has 2 aromatic carbocycles. The quantitative estimate of drug-likeness (QED) is 0.924. The van der Waals surface area contributed by atoms with E-state index in [2.05, 4.69) is 0 Å². The zero-order valence-corrected chi connectivity index (χ0v) is 10.9. The van der Waals surface area contributed by atoms with Crippen molar-refractivity contribution >= 4 is 5.97 Å². The van der Waals surface area contributed by atoms with Crippen LogP contribution in [0.4, 0.5) is 8.78 Å². The van der Waals surface area contributed by atoms with Crippen LogP contribution in [0.5, 0.6) is 0 Å². The first kappa shape index (κ1) is 14.2. The average molecular weight is 276 g/mol. The molecule has 0 saturated heterocycles. The summed E-state index contributed by atoms with van der Waals surface area (Å²) in [7, 11) is 0. The fourth-order valence-corrected chi connectivity index (χ4v) is 2.05. The van der Waals surface area contributed by atoms with Crippen LogP contribution in [-0.2, 0) is 11.2 Å². The van der Waals surface area contributed by atoms with Gasteiger partial charge < -0.3 is 5.11 Å². The van der Waals surface area contributed by atoms with Gasteiger partial charge in [0.05, 0.1) is 5.92 Å². The molecule has 0 aliphatic rings. The number of hydrogen-bond donors (Lipinski definition) is 1. The molecule has 0 spiro atoms. The third-order valence-electron chi connectivity index (χ3n) is 3.20. The lowest BCUT2D eigenvalue weighted by atomic mass is 9.91. The topological polar surface area (TPSA) is 37.3 Å². The van der Waals surface area contributed by atoms with Crippen LogP contribution in [0.1, 0.15) is 22.6 Å². The van der Waals surface area contributed by atoms with Crippen LogP contribution in [0, 0.1) is 18.6 Å². The highest BCUT2D eigenvalue weighted by molar-refractivity contribution is 5.76. The van der Waals surface area contributed by atoms with Crippen molar-refractivity contribution in [2.45, 2.75) is 19.3 Å². The van der Waals surface area contributed by atoms with Crippen LogP contribution in [0.25, 0.3) is 0 Å². The molecule has 0 bridgehead atoms. The number of carbonyl (C=O) groups is 1. The standard InChI is InChI=1S/C16H14F2O2/c1-10-2-5-12(6-3-10)13(16(19)20)8-11-4-7-14(17)15(18)9-11/h2-7,9,13H,8H2,1H3,(H,19,20). The summed E-state index contributed by atoms with van der Waals surface area (Å²) < 4.78 is 26.0. The molecule has 104 valence electrons. The number of aryl methyl sites for hydroxylation is 1. The summed E-state index contributed by atoms with van der Waals surface area (Å²) in [5, 5.41) is 9.31. The lowest BCUT2D eigenvalue weighted by molar-refractivity contribution is -0.138. The van der Waals surface area contributed by atoms with Gasteiger partial charge in [0.25, 0.3) is 0 Å². The first-order valence-electron chi connectivity index (χ1n) is 6.20. The summed E-state index contributed by atoms with van der Waals surface area (Å²) in [6.45, 7) is 1.91. The van der Waals surface area contributed by atoms with Gasteiger partial charge in [0.2, 0.25) is 0 Å². The molecule has 20 heavy (non-hydrogen) atoms. The predicted octanol–water partition coefficient (Wildman–Crippen LogP) is 3.68. The van der Waals surface area contributed by atoms with E-state index in [4.69, 9.17) is 0 Å². The Morgan fingerprint density at radius 3 is 2.30 bits per heavy atom. The Morgan fingerprint density at radius 1 is 1.10 bits per heavy atom. The number of hydrogen-bond acceptors (Lipinski definition) is 1. The average Bonchev–Trinajstić information content (AvgIpc) is 2.41. The van der Waals surface area contributed by atoms with Gasteiger partial charge in [0, 0.05) is 0 Å². The van der Waals surface area contributed by atoms with Gasteiger partial charge in [-0.2, -0.15) is 0 Å². The maximum Gasteiger partial charge on any atom is 0.311 e. The van der Waals surface area contributed by atoms with Gasteiger partial charge in [-0.15, -0.1) is 0 Å². The van der Waals surface area contributed by atoms with E-state index in [0.29, 0.717) is 11.1 Å². The Hall–Kier alpha value is -2.23. The van der Waals surface area contributed by atoms with Gasteiger partial charge in [0.1, 0.15) is 0 Å². The molecule has 4 heteroatoms. The van der Waals surface area contributed by atoms with E-state index < -0.39 is 23.5 Å². The Balaban J connectivity index is 2.27. The van der Waals surface area contributed by atoms with Crippen LogP contribution in [-0.4, -0.2) is 11.1 Å². The highest BCUT2D eigenvalue weighted by Gasteiger charge is 2.20. The minimum absolute atomic E-state index is 0.121. The van der Waals surface area contributed by atoms with Crippen LogP contribution in [0.15, 0.2) is 42.5 Å². The molecule has 0 aliphatic heterocycles. The maximum absolute atomic E-state index is 13.2. The van der Waals surface area contributed by atoms with Gasteiger partial charge in [-0.25, -0.2) is 8.78 Å². The minimum Gasteiger partial charge on any atom is -0.481 e. The molecular formula is C16H14F2O2. The summed E-state index contributed by atoms with van der Waals surface area (Å²) in [5.41, 5.74) is 2.13. The zero-order valence-electron chi connectivity index (χ0n) is 10.9. The predicted molar refractivity (Wildman–Crippen MR) is 71.6 cm³/mol. The van der Waals surface area contributed by atoms with Gasteiger partial charge in [-0.1, -0.05) is 35.9 Å². The second-order valence-electron chi connectivity index (χ2n) is 4.75. The Labute approximate surface area is 115 Å². The van der Waals surface area contributed by atoms with Crippen molar-refractivity contribution in [2.24, 2.45) is 0 Å². The van der Waals surface area contributed by atoms with Gasteiger partial charge in [0.15, 0.2) is 11.6 Å². The van der Waals surface area contributed by atoms with Crippen molar-refractivity contribution in [1.82, 2.24) is 0 Å². The van der Waals surface area contributed by atoms with Crippen LogP contribution in [0.3, 0.4) is 0 Å². The fourth-order valence-electron chi connectivity index (χ4n) is 2.05. The summed E-state index contributed by atoms with van der Waals surface area (Å²) in [4.78, 5) is 11.4. The Kier molecular flexibility index (Phi) is 4.13. The fraction of sp³-hybridized carbons (Fsp3) is 0.188. The van der Waals surface area contributed by atoms with Gasteiger partial charge >= 0.3 is 5.97 Å². The molecule has 2 rings (SSSR count). The van der Waals surface area contributed by atoms with E-state index in [1.54, 1.807) is 12.1 Å². The molecule has 0 saturated carbocycles. The number of rotatable bonds is 4. The van der Waals surface area contributed by atoms with Crippen molar-refractivity contribution in [3.63, 3.8) is 0 Å². The second kappa shape index (κ2) is 5.82. The molecule has 0 fully saturated rings. The molecule has 1 atom stereocenters. The largest absolute Gasteiger partial charge is 0.481 e.